The lowest BCUT2D eigenvalue weighted by atomic mass is 9.96. The summed E-state index contributed by atoms with van der Waals surface area (Å²) in [5, 5.41) is 8.60. The molecule has 0 radical (unpaired) electrons. The molecular formula is C36H27IN2. The Hall–Kier alpha value is -4.09. The number of halogens is 1. The SMILES string of the molecule is IC1CC=Cc2c(Nc3ccc(N(c4cccc5ccccc45)c4cccc5ccccc45)cc3)cccc21. The standard InChI is InChI=1S/C36H27IN2/c37-33-17-7-16-32-31(33)15-8-18-34(32)38-27-21-23-28(24-22-27)39(35-19-5-11-25-9-1-3-13-29(25)35)36-20-6-12-26-10-2-4-14-30(26)36/h1-16,18-24,33,38H,17H2. The number of nitrogens with one attached hydrogen (secondary N) is 1. The molecule has 1 aliphatic carbocycles. The van der Waals surface area contributed by atoms with E-state index in [-0.39, 0.29) is 0 Å². The second-order valence-corrected chi connectivity index (χ2v) is 11.4. The average Bonchev–Trinajstić information content (AvgIpc) is 2.99. The Morgan fingerprint density at radius 2 is 1.21 bits per heavy atom. The van der Waals surface area contributed by atoms with E-state index in [1.54, 1.807) is 0 Å². The van der Waals surface area contributed by atoms with E-state index in [9.17, 15) is 0 Å². The van der Waals surface area contributed by atoms with Crippen LogP contribution in [0.2, 0.25) is 0 Å². The van der Waals surface area contributed by atoms with Gasteiger partial charge in [-0.1, -0.05) is 120 Å². The van der Waals surface area contributed by atoms with Gasteiger partial charge in [-0.05, 0) is 65.2 Å². The molecule has 6 aromatic rings. The quantitative estimate of drug-likeness (QED) is 0.154. The van der Waals surface area contributed by atoms with E-state index in [0.29, 0.717) is 3.92 Å². The second kappa shape index (κ2) is 10.2. The summed E-state index contributed by atoms with van der Waals surface area (Å²) >= 11 is 2.55. The molecule has 39 heavy (non-hydrogen) atoms. The molecule has 6 aromatic carbocycles. The number of allylic oxidation sites excluding steroid dienone is 1. The lowest BCUT2D eigenvalue weighted by molar-refractivity contribution is 0.993. The maximum absolute atomic E-state index is 3.68. The van der Waals surface area contributed by atoms with Gasteiger partial charge in [0.05, 0.1) is 11.4 Å². The summed E-state index contributed by atoms with van der Waals surface area (Å²) < 4.78 is 0.515. The Morgan fingerprint density at radius 1 is 0.615 bits per heavy atom. The highest BCUT2D eigenvalue weighted by Crippen LogP contribution is 2.43. The van der Waals surface area contributed by atoms with Gasteiger partial charge in [0.2, 0.25) is 0 Å². The lowest BCUT2D eigenvalue weighted by Gasteiger charge is -2.28. The Labute approximate surface area is 242 Å². The molecule has 0 saturated carbocycles. The molecule has 1 N–H and O–H groups in total. The fourth-order valence-corrected chi connectivity index (χ4v) is 6.48. The van der Waals surface area contributed by atoms with Crippen LogP contribution in [0.4, 0.5) is 28.4 Å². The summed E-state index contributed by atoms with van der Waals surface area (Å²) in [7, 11) is 0. The average molecular weight is 615 g/mol. The molecule has 1 unspecified atom stereocenters. The Kier molecular flexibility index (Phi) is 6.29. The van der Waals surface area contributed by atoms with Crippen LogP contribution in [-0.4, -0.2) is 0 Å². The smallest absolute Gasteiger partial charge is 0.0540 e. The Balaban J connectivity index is 1.33. The Bertz CT molecular complexity index is 1750. The molecule has 0 bridgehead atoms. The molecule has 3 heteroatoms. The minimum Gasteiger partial charge on any atom is -0.355 e. The van der Waals surface area contributed by atoms with Crippen LogP contribution in [0.1, 0.15) is 21.5 Å². The zero-order valence-electron chi connectivity index (χ0n) is 21.4. The van der Waals surface area contributed by atoms with E-state index in [1.165, 1.54) is 44.0 Å². The first kappa shape index (κ1) is 24.0. The second-order valence-electron chi connectivity index (χ2n) is 9.92. The zero-order chi connectivity index (χ0) is 26.2. The van der Waals surface area contributed by atoms with Crippen LogP contribution < -0.4 is 10.2 Å². The van der Waals surface area contributed by atoms with Gasteiger partial charge in [0.1, 0.15) is 0 Å². The number of hydrogen-bond acceptors (Lipinski definition) is 2. The molecule has 0 heterocycles. The number of hydrogen-bond donors (Lipinski definition) is 1. The van der Waals surface area contributed by atoms with E-state index in [1.807, 2.05) is 0 Å². The highest BCUT2D eigenvalue weighted by atomic mass is 127. The molecule has 2 nitrogen and oxygen atoms in total. The molecule has 0 aromatic heterocycles. The van der Waals surface area contributed by atoms with Crippen molar-refractivity contribution in [2.45, 2.75) is 10.3 Å². The maximum atomic E-state index is 3.68. The van der Waals surface area contributed by atoms with Crippen LogP contribution in [0.5, 0.6) is 0 Å². The third-order valence-electron chi connectivity index (χ3n) is 7.52. The summed E-state index contributed by atoms with van der Waals surface area (Å²) in [6, 6.07) is 45.7. The largest absolute Gasteiger partial charge is 0.355 e. The van der Waals surface area contributed by atoms with Crippen molar-refractivity contribution >= 4 is 78.6 Å². The van der Waals surface area contributed by atoms with Crippen LogP contribution >= 0.6 is 22.6 Å². The van der Waals surface area contributed by atoms with Gasteiger partial charge in [0.25, 0.3) is 0 Å². The maximum Gasteiger partial charge on any atom is 0.0540 e. The monoisotopic (exact) mass is 614 g/mol. The van der Waals surface area contributed by atoms with Crippen molar-refractivity contribution in [3.63, 3.8) is 0 Å². The summed E-state index contributed by atoms with van der Waals surface area (Å²) in [5.74, 6) is 0. The van der Waals surface area contributed by atoms with Gasteiger partial charge >= 0.3 is 0 Å². The molecular weight excluding hydrogens is 587 g/mol. The van der Waals surface area contributed by atoms with Crippen molar-refractivity contribution in [1.82, 2.24) is 0 Å². The fraction of sp³-hybridized carbons (Fsp3) is 0.0556. The normalized spacial score (nSPS) is 14.3. The van der Waals surface area contributed by atoms with E-state index >= 15 is 0 Å². The Morgan fingerprint density at radius 3 is 1.87 bits per heavy atom. The predicted molar refractivity (Wildman–Crippen MR) is 176 cm³/mol. The fourth-order valence-electron chi connectivity index (χ4n) is 5.65. The zero-order valence-corrected chi connectivity index (χ0v) is 23.5. The summed E-state index contributed by atoms with van der Waals surface area (Å²) in [6.45, 7) is 0. The van der Waals surface area contributed by atoms with Crippen LogP contribution in [0.15, 0.2) is 133 Å². The van der Waals surface area contributed by atoms with Gasteiger partial charge in [0.15, 0.2) is 0 Å². The first-order valence-corrected chi connectivity index (χ1v) is 14.6. The number of fused-ring (bicyclic) bond motifs is 3. The van der Waals surface area contributed by atoms with Gasteiger partial charge in [-0.25, -0.2) is 0 Å². The van der Waals surface area contributed by atoms with Crippen molar-refractivity contribution in [3.05, 3.63) is 145 Å². The van der Waals surface area contributed by atoms with Gasteiger partial charge in [0, 0.05) is 37.3 Å². The lowest BCUT2D eigenvalue weighted by Crippen LogP contribution is -2.11. The van der Waals surface area contributed by atoms with Gasteiger partial charge in [-0.3, -0.25) is 0 Å². The predicted octanol–water partition coefficient (Wildman–Crippen LogP) is 11.1. The molecule has 188 valence electrons. The van der Waals surface area contributed by atoms with Crippen molar-refractivity contribution in [2.75, 3.05) is 10.2 Å². The third kappa shape index (κ3) is 4.47. The van der Waals surface area contributed by atoms with Gasteiger partial charge < -0.3 is 10.2 Å². The number of nitrogens with zero attached hydrogens (tertiary/aromatic N) is 1. The van der Waals surface area contributed by atoms with Crippen molar-refractivity contribution in [2.24, 2.45) is 0 Å². The van der Waals surface area contributed by atoms with Crippen LogP contribution in [0, 0.1) is 0 Å². The minimum absolute atomic E-state index is 0.515. The molecule has 0 fully saturated rings. The van der Waals surface area contributed by atoms with Crippen molar-refractivity contribution in [3.8, 4) is 0 Å². The number of alkyl halides is 1. The highest BCUT2D eigenvalue weighted by Gasteiger charge is 2.19. The minimum atomic E-state index is 0.515. The third-order valence-corrected chi connectivity index (χ3v) is 8.70. The van der Waals surface area contributed by atoms with Crippen LogP contribution in [0.25, 0.3) is 27.6 Å². The molecule has 1 aliphatic rings. The van der Waals surface area contributed by atoms with E-state index < -0.39 is 0 Å². The molecule has 1 atom stereocenters. The van der Waals surface area contributed by atoms with Crippen LogP contribution in [0.3, 0.4) is 0 Å². The first-order valence-electron chi connectivity index (χ1n) is 13.3. The van der Waals surface area contributed by atoms with Crippen molar-refractivity contribution in [1.29, 1.82) is 0 Å². The molecule has 0 saturated heterocycles. The molecule has 0 aliphatic heterocycles. The molecule has 7 rings (SSSR count). The molecule has 0 amide bonds. The van der Waals surface area contributed by atoms with E-state index in [2.05, 4.69) is 172 Å². The molecule has 0 spiro atoms. The van der Waals surface area contributed by atoms with E-state index in [4.69, 9.17) is 0 Å². The summed E-state index contributed by atoms with van der Waals surface area (Å²) in [6.07, 6.45) is 5.62. The number of anilines is 5. The van der Waals surface area contributed by atoms with Gasteiger partial charge in [-0.15, -0.1) is 0 Å². The summed E-state index contributed by atoms with van der Waals surface area (Å²) in [4.78, 5) is 2.39. The topological polar surface area (TPSA) is 15.3 Å². The number of rotatable bonds is 5. The van der Waals surface area contributed by atoms with Gasteiger partial charge in [-0.2, -0.15) is 0 Å². The van der Waals surface area contributed by atoms with Crippen LogP contribution in [-0.2, 0) is 0 Å². The van der Waals surface area contributed by atoms with E-state index in [0.717, 1.165) is 23.5 Å². The number of benzene rings is 6. The highest BCUT2D eigenvalue weighted by molar-refractivity contribution is 14.1. The first-order chi connectivity index (χ1) is 19.3. The summed E-state index contributed by atoms with van der Waals surface area (Å²) in [5.41, 5.74) is 8.37. The van der Waals surface area contributed by atoms with Crippen molar-refractivity contribution < 1.29 is 0 Å².